The van der Waals surface area contributed by atoms with Crippen molar-refractivity contribution in [2.24, 2.45) is 0 Å². The van der Waals surface area contributed by atoms with E-state index >= 15 is 0 Å². The molecule has 1 atom stereocenters. The Bertz CT molecular complexity index is 919. The zero-order valence-electron chi connectivity index (χ0n) is 15.9. The maximum Gasteiger partial charge on any atom is 0.270 e. The topological polar surface area (TPSA) is 77.2 Å². The molecule has 1 aromatic heterocycles. The van der Waals surface area contributed by atoms with Gasteiger partial charge in [0.05, 0.1) is 0 Å². The molecule has 1 N–H and O–H groups in total. The predicted octanol–water partition coefficient (Wildman–Crippen LogP) is 4.57. The summed E-state index contributed by atoms with van der Waals surface area (Å²) in [6, 6.07) is 15.4. The quantitative estimate of drug-likeness (QED) is 0.692. The molecule has 0 spiro atoms. The summed E-state index contributed by atoms with van der Waals surface area (Å²) in [6.45, 7) is 7.87. The molecule has 1 heterocycles. The SMILES string of the molecule is Cc1ccc(C(C)C)c(O[C@H](C)C(=O)Nc2noc(-c3ccccc3)n2)c1. The summed E-state index contributed by atoms with van der Waals surface area (Å²) < 4.78 is 11.1. The number of amides is 1. The highest BCUT2D eigenvalue weighted by Gasteiger charge is 2.20. The highest BCUT2D eigenvalue weighted by molar-refractivity contribution is 5.92. The number of benzene rings is 2. The third-order valence-electron chi connectivity index (χ3n) is 4.15. The Labute approximate surface area is 158 Å². The predicted molar refractivity (Wildman–Crippen MR) is 104 cm³/mol. The number of ether oxygens (including phenoxy) is 1. The van der Waals surface area contributed by atoms with Gasteiger partial charge >= 0.3 is 0 Å². The summed E-state index contributed by atoms with van der Waals surface area (Å²) in [5.74, 6) is 1.13. The van der Waals surface area contributed by atoms with Crippen molar-refractivity contribution in [2.75, 3.05) is 5.32 Å². The van der Waals surface area contributed by atoms with E-state index in [4.69, 9.17) is 9.26 Å². The lowest BCUT2D eigenvalue weighted by Crippen LogP contribution is -2.30. The van der Waals surface area contributed by atoms with Gasteiger partial charge in [-0.05, 0) is 54.2 Å². The van der Waals surface area contributed by atoms with E-state index in [0.717, 1.165) is 16.7 Å². The van der Waals surface area contributed by atoms with Crippen LogP contribution >= 0.6 is 0 Å². The first-order chi connectivity index (χ1) is 12.9. The molecule has 0 unspecified atom stereocenters. The smallest absolute Gasteiger partial charge is 0.270 e. The van der Waals surface area contributed by atoms with Crippen LogP contribution in [0, 0.1) is 6.92 Å². The van der Waals surface area contributed by atoms with Gasteiger partial charge in [-0.15, -0.1) is 0 Å². The second-order valence-electron chi connectivity index (χ2n) is 6.73. The normalized spacial score (nSPS) is 12.0. The summed E-state index contributed by atoms with van der Waals surface area (Å²) in [4.78, 5) is 16.7. The highest BCUT2D eigenvalue weighted by Crippen LogP contribution is 2.28. The largest absolute Gasteiger partial charge is 0.481 e. The van der Waals surface area contributed by atoms with Gasteiger partial charge in [-0.25, -0.2) is 0 Å². The zero-order valence-corrected chi connectivity index (χ0v) is 15.9. The van der Waals surface area contributed by atoms with Crippen molar-refractivity contribution < 1.29 is 14.1 Å². The molecule has 0 saturated carbocycles. The zero-order chi connectivity index (χ0) is 19.4. The Morgan fingerprint density at radius 2 is 1.85 bits per heavy atom. The van der Waals surface area contributed by atoms with Crippen molar-refractivity contribution in [1.29, 1.82) is 0 Å². The number of nitrogens with one attached hydrogen (secondary N) is 1. The standard InChI is InChI=1S/C21H23N3O3/c1-13(2)17-11-10-14(3)12-18(17)26-15(4)19(25)22-21-23-20(27-24-21)16-8-6-5-7-9-16/h5-13,15H,1-4H3,(H,22,24,25)/t15-/m1/s1. The molecule has 27 heavy (non-hydrogen) atoms. The van der Waals surface area contributed by atoms with Gasteiger partial charge in [0.2, 0.25) is 0 Å². The minimum atomic E-state index is -0.706. The van der Waals surface area contributed by atoms with Crippen LogP contribution in [-0.2, 0) is 4.79 Å². The molecule has 1 amide bonds. The Hall–Kier alpha value is -3.15. The van der Waals surface area contributed by atoms with E-state index in [9.17, 15) is 4.79 Å². The Balaban J connectivity index is 1.69. The van der Waals surface area contributed by atoms with Gasteiger partial charge in [-0.1, -0.05) is 44.2 Å². The lowest BCUT2D eigenvalue weighted by Gasteiger charge is -2.18. The summed E-state index contributed by atoms with van der Waals surface area (Å²) in [5.41, 5.74) is 2.93. The summed E-state index contributed by atoms with van der Waals surface area (Å²) in [5, 5.41) is 6.44. The fourth-order valence-electron chi connectivity index (χ4n) is 2.65. The molecule has 6 heteroatoms. The molecule has 0 radical (unpaired) electrons. The van der Waals surface area contributed by atoms with Crippen LogP contribution in [-0.4, -0.2) is 22.2 Å². The number of carbonyl (C=O) groups excluding carboxylic acids is 1. The van der Waals surface area contributed by atoms with Crippen molar-refractivity contribution in [3.05, 3.63) is 59.7 Å². The number of rotatable bonds is 6. The molecule has 140 valence electrons. The third-order valence-corrected chi connectivity index (χ3v) is 4.15. The van der Waals surface area contributed by atoms with Crippen LogP contribution in [0.2, 0.25) is 0 Å². The lowest BCUT2D eigenvalue weighted by atomic mass is 10.0. The number of nitrogens with zero attached hydrogens (tertiary/aromatic N) is 2. The number of hydrogen-bond donors (Lipinski definition) is 1. The fraction of sp³-hybridized carbons (Fsp3) is 0.286. The van der Waals surface area contributed by atoms with Gasteiger partial charge in [0.25, 0.3) is 17.7 Å². The van der Waals surface area contributed by atoms with Gasteiger partial charge < -0.3 is 9.26 Å². The molecular weight excluding hydrogens is 342 g/mol. The monoisotopic (exact) mass is 365 g/mol. The van der Waals surface area contributed by atoms with E-state index in [0.29, 0.717) is 17.6 Å². The van der Waals surface area contributed by atoms with Crippen LogP contribution in [0.1, 0.15) is 37.8 Å². The summed E-state index contributed by atoms with van der Waals surface area (Å²) >= 11 is 0. The van der Waals surface area contributed by atoms with Crippen LogP contribution < -0.4 is 10.1 Å². The Morgan fingerprint density at radius 3 is 2.56 bits per heavy atom. The number of anilines is 1. The van der Waals surface area contributed by atoms with E-state index in [-0.39, 0.29) is 11.9 Å². The van der Waals surface area contributed by atoms with Crippen molar-refractivity contribution in [1.82, 2.24) is 10.1 Å². The maximum atomic E-state index is 12.5. The van der Waals surface area contributed by atoms with Gasteiger partial charge in [0, 0.05) is 5.56 Å². The molecule has 0 bridgehead atoms. The number of hydrogen-bond acceptors (Lipinski definition) is 5. The Kier molecular flexibility index (Phi) is 5.54. The summed E-state index contributed by atoms with van der Waals surface area (Å²) in [6.07, 6.45) is -0.706. The molecule has 3 aromatic rings. The fourth-order valence-corrected chi connectivity index (χ4v) is 2.65. The molecule has 0 aliphatic carbocycles. The van der Waals surface area contributed by atoms with Gasteiger partial charge in [0.1, 0.15) is 5.75 Å². The van der Waals surface area contributed by atoms with Gasteiger partial charge in [-0.2, -0.15) is 4.98 Å². The Morgan fingerprint density at radius 1 is 1.11 bits per heavy atom. The molecule has 2 aromatic carbocycles. The van der Waals surface area contributed by atoms with Crippen molar-refractivity contribution in [2.45, 2.75) is 39.7 Å². The van der Waals surface area contributed by atoms with Gasteiger partial charge in [0.15, 0.2) is 6.10 Å². The molecule has 0 saturated heterocycles. The first-order valence-electron chi connectivity index (χ1n) is 8.91. The first kappa shape index (κ1) is 18.6. The van der Waals surface area contributed by atoms with Crippen molar-refractivity contribution in [3.8, 4) is 17.2 Å². The average Bonchev–Trinajstić information content (AvgIpc) is 3.10. The van der Waals surface area contributed by atoms with Crippen LogP contribution in [0.25, 0.3) is 11.5 Å². The molecule has 6 nitrogen and oxygen atoms in total. The van der Waals surface area contributed by atoms with E-state index in [1.54, 1.807) is 6.92 Å². The van der Waals surface area contributed by atoms with Crippen LogP contribution in [0.5, 0.6) is 5.75 Å². The van der Waals surface area contributed by atoms with E-state index in [2.05, 4.69) is 29.3 Å². The van der Waals surface area contributed by atoms with E-state index < -0.39 is 6.10 Å². The number of aryl methyl sites for hydroxylation is 1. The van der Waals surface area contributed by atoms with E-state index in [1.165, 1.54) is 0 Å². The molecule has 0 aliphatic heterocycles. The van der Waals surface area contributed by atoms with Crippen molar-refractivity contribution >= 4 is 11.9 Å². The lowest BCUT2D eigenvalue weighted by molar-refractivity contribution is -0.122. The molecule has 0 fully saturated rings. The van der Waals surface area contributed by atoms with Gasteiger partial charge in [-0.3, -0.25) is 10.1 Å². The van der Waals surface area contributed by atoms with Crippen LogP contribution in [0.4, 0.5) is 5.95 Å². The number of aromatic nitrogens is 2. The summed E-state index contributed by atoms with van der Waals surface area (Å²) in [7, 11) is 0. The molecular formula is C21H23N3O3. The van der Waals surface area contributed by atoms with Crippen LogP contribution in [0.3, 0.4) is 0 Å². The highest BCUT2D eigenvalue weighted by atomic mass is 16.5. The molecule has 0 aliphatic rings. The minimum absolute atomic E-state index is 0.114. The first-order valence-corrected chi connectivity index (χ1v) is 8.91. The minimum Gasteiger partial charge on any atom is -0.481 e. The van der Waals surface area contributed by atoms with Crippen LogP contribution in [0.15, 0.2) is 53.1 Å². The molecule has 3 rings (SSSR count). The third kappa shape index (κ3) is 4.53. The van der Waals surface area contributed by atoms with Crippen molar-refractivity contribution in [3.63, 3.8) is 0 Å². The average molecular weight is 365 g/mol. The second kappa shape index (κ2) is 8.03. The number of carbonyl (C=O) groups is 1. The maximum absolute atomic E-state index is 12.5. The second-order valence-corrected chi connectivity index (χ2v) is 6.73. The van der Waals surface area contributed by atoms with E-state index in [1.807, 2.05) is 55.5 Å².